The number of benzene rings is 2. The molecule has 0 saturated carbocycles. The second kappa shape index (κ2) is 14.4. The first-order valence-corrected chi connectivity index (χ1v) is 8.90. The lowest BCUT2D eigenvalue weighted by atomic mass is 10.1. The van der Waals surface area contributed by atoms with Crippen LogP contribution in [-0.4, -0.2) is 68.8 Å². The zero-order valence-electron chi connectivity index (χ0n) is 15.9. The van der Waals surface area contributed by atoms with E-state index in [0.29, 0.717) is 19.8 Å². The van der Waals surface area contributed by atoms with Crippen LogP contribution in [0, 0.1) is 0 Å². The molecule has 2 aromatic rings. The average Bonchev–Trinajstić information content (AvgIpc) is 2.69. The minimum Gasteiger partial charge on any atom is -0.491 e. The van der Waals surface area contributed by atoms with Crippen molar-refractivity contribution in [1.82, 2.24) is 5.32 Å². The summed E-state index contributed by atoms with van der Waals surface area (Å²) in [6.07, 6.45) is 1.03. The summed E-state index contributed by atoms with van der Waals surface area (Å²) in [6, 6.07) is 14.4. The van der Waals surface area contributed by atoms with Crippen LogP contribution in [0.1, 0.15) is 6.42 Å². The van der Waals surface area contributed by atoms with E-state index in [4.69, 9.17) is 34.0 Å². The van der Waals surface area contributed by atoms with Crippen molar-refractivity contribution in [2.45, 2.75) is 6.42 Å². The maximum atomic E-state index is 9.10. The Morgan fingerprint density at radius 2 is 1.61 bits per heavy atom. The third kappa shape index (κ3) is 10.5. The molecule has 28 heavy (non-hydrogen) atoms. The summed E-state index contributed by atoms with van der Waals surface area (Å²) in [4.78, 5) is 18.2. The third-order valence-electron chi connectivity index (χ3n) is 3.53. The number of methoxy groups -OCH3 is 1. The van der Waals surface area contributed by atoms with E-state index in [2.05, 4.69) is 29.6 Å². The molecule has 0 amide bonds. The van der Waals surface area contributed by atoms with Crippen molar-refractivity contribution in [3.63, 3.8) is 0 Å². The maximum absolute atomic E-state index is 9.10. The molecule has 0 bridgehead atoms. The van der Waals surface area contributed by atoms with E-state index in [-0.39, 0.29) is 0 Å². The molecule has 0 aliphatic carbocycles. The van der Waals surface area contributed by atoms with Gasteiger partial charge in [-0.25, -0.2) is 9.59 Å². The van der Waals surface area contributed by atoms with Gasteiger partial charge in [0.1, 0.15) is 12.4 Å². The number of carbonyl (C=O) groups is 2. The number of carboxylic acids is 2. The van der Waals surface area contributed by atoms with Crippen molar-refractivity contribution < 1.29 is 34.0 Å². The van der Waals surface area contributed by atoms with Gasteiger partial charge >= 0.3 is 11.9 Å². The minimum atomic E-state index is -1.82. The highest BCUT2D eigenvalue weighted by molar-refractivity contribution is 6.27. The zero-order valence-corrected chi connectivity index (χ0v) is 15.9. The highest BCUT2D eigenvalue weighted by Crippen LogP contribution is 2.20. The fourth-order valence-electron chi connectivity index (χ4n) is 2.19. The number of carboxylic acid groups (broad SMARTS) is 2. The van der Waals surface area contributed by atoms with Crippen LogP contribution in [0.2, 0.25) is 0 Å². The molecule has 0 aromatic heterocycles. The van der Waals surface area contributed by atoms with Crippen LogP contribution >= 0.6 is 0 Å². The number of fused-ring (bicyclic) bond motifs is 1. The SMILES string of the molecule is COCCCNCCOCCOc1ccc2ccccc2c1.O=C(O)C(=O)O. The Morgan fingerprint density at radius 1 is 0.893 bits per heavy atom. The fourth-order valence-corrected chi connectivity index (χ4v) is 2.19. The van der Waals surface area contributed by atoms with Crippen molar-refractivity contribution in [2.24, 2.45) is 0 Å². The van der Waals surface area contributed by atoms with Gasteiger partial charge in [-0.05, 0) is 35.9 Å². The molecule has 2 rings (SSSR count). The molecule has 0 spiro atoms. The molecule has 0 fully saturated rings. The molecule has 3 N–H and O–H groups in total. The molecule has 8 nitrogen and oxygen atoms in total. The summed E-state index contributed by atoms with van der Waals surface area (Å²) in [5.41, 5.74) is 0. The van der Waals surface area contributed by atoms with Crippen molar-refractivity contribution in [2.75, 3.05) is 46.6 Å². The first kappa shape index (κ1) is 23.4. The van der Waals surface area contributed by atoms with Gasteiger partial charge in [0, 0.05) is 20.3 Å². The van der Waals surface area contributed by atoms with Crippen LogP contribution in [0.5, 0.6) is 5.75 Å². The number of rotatable bonds is 11. The lowest BCUT2D eigenvalue weighted by Gasteiger charge is -2.09. The van der Waals surface area contributed by atoms with E-state index in [1.54, 1.807) is 7.11 Å². The van der Waals surface area contributed by atoms with Crippen molar-refractivity contribution in [1.29, 1.82) is 0 Å². The number of hydrogen-bond acceptors (Lipinski definition) is 6. The van der Waals surface area contributed by atoms with E-state index >= 15 is 0 Å². The second-order valence-corrected chi connectivity index (χ2v) is 5.68. The van der Waals surface area contributed by atoms with Gasteiger partial charge in [-0.3, -0.25) is 0 Å². The molecule has 0 saturated heterocycles. The van der Waals surface area contributed by atoms with Gasteiger partial charge in [0.25, 0.3) is 0 Å². The van der Waals surface area contributed by atoms with E-state index in [1.165, 1.54) is 10.8 Å². The molecule has 2 aromatic carbocycles. The third-order valence-corrected chi connectivity index (χ3v) is 3.53. The Labute approximate surface area is 164 Å². The van der Waals surface area contributed by atoms with E-state index in [9.17, 15) is 0 Å². The highest BCUT2D eigenvalue weighted by atomic mass is 16.5. The smallest absolute Gasteiger partial charge is 0.414 e. The second-order valence-electron chi connectivity index (χ2n) is 5.68. The Balaban J connectivity index is 0.000000568. The number of ether oxygens (including phenoxy) is 3. The molecular formula is C20H27NO7. The number of hydrogen-bond donors (Lipinski definition) is 3. The normalized spacial score (nSPS) is 10.2. The Bertz CT molecular complexity index is 709. The van der Waals surface area contributed by atoms with Crippen molar-refractivity contribution in [3.05, 3.63) is 42.5 Å². The van der Waals surface area contributed by atoms with Gasteiger partial charge in [0.05, 0.1) is 13.2 Å². The molecule has 0 heterocycles. The molecule has 0 radical (unpaired) electrons. The van der Waals surface area contributed by atoms with E-state index in [1.807, 2.05) is 18.2 Å². The molecule has 0 unspecified atom stereocenters. The molecule has 8 heteroatoms. The molecular weight excluding hydrogens is 366 g/mol. The van der Waals surface area contributed by atoms with Crippen LogP contribution in [0.3, 0.4) is 0 Å². The van der Waals surface area contributed by atoms with E-state index in [0.717, 1.165) is 31.9 Å². The Morgan fingerprint density at radius 3 is 2.29 bits per heavy atom. The predicted molar refractivity (Wildman–Crippen MR) is 105 cm³/mol. The molecule has 154 valence electrons. The summed E-state index contributed by atoms with van der Waals surface area (Å²) < 4.78 is 16.2. The predicted octanol–water partition coefficient (Wildman–Crippen LogP) is 2.02. The monoisotopic (exact) mass is 393 g/mol. The van der Waals surface area contributed by atoms with Crippen LogP contribution in [0.15, 0.2) is 42.5 Å². The largest absolute Gasteiger partial charge is 0.491 e. The standard InChI is InChI=1S/C18H25NO3.C2H2O4/c1-20-11-4-9-19-10-12-21-13-14-22-18-8-7-16-5-2-3-6-17(16)15-18;3-1(4)2(5)6/h2-3,5-8,15,19H,4,9-14H2,1H3;(H,3,4)(H,5,6). The van der Waals surface area contributed by atoms with Gasteiger partial charge in [-0.15, -0.1) is 0 Å². The fraction of sp³-hybridized carbons (Fsp3) is 0.400. The Hall–Kier alpha value is -2.68. The molecule has 0 aliphatic rings. The average molecular weight is 393 g/mol. The summed E-state index contributed by atoms with van der Waals surface area (Å²) >= 11 is 0. The van der Waals surface area contributed by atoms with Gasteiger partial charge < -0.3 is 29.7 Å². The topological polar surface area (TPSA) is 114 Å². The van der Waals surface area contributed by atoms with Crippen molar-refractivity contribution >= 4 is 22.7 Å². The van der Waals surface area contributed by atoms with Gasteiger partial charge in [-0.2, -0.15) is 0 Å². The van der Waals surface area contributed by atoms with Gasteiger partial charge in [-0.1, -0.05) is 30.3 Å². The highest BCUT2D eigenvalue weighted by Gasteiger charge is 2.04. The van der Waals surface area contributed by atoms with E-state index < -0.39 is 11.9 Å². The summed E-state index contributed by atoms with van der Waals surface area (Å²) in [6.45, 7) is 4.50. The van der Waals surface area contributed by atoms with Crippen LogP contribution in [-0.2, 0) is 19.1 Å². The maximum Gasteiger partial charge on any atom is 0.414 e. The van der Waals surface area contributed by atoms with Crippen LogP contribution < -0.4 is 10.1 Å². The minimum absolute atomic E-state index is 0.571. The lowest BCUT2D eigenvalue weighted by Crippen LogP contribution is -2.22. The Kier molecular flexibility index (Phi) is 12.0. The lowest BCUT2D eigenvalue weighted by molar-refractivity contribution is -0.159. The summed E-state index contributed by atoms with van der Waals surface area (Å²) in [5, 5.41) is 20.5. The number of aliphatic carboxylic acids is 2. The summed E-state index contributed by atoms with van der Waals surface area (Å²) in [7, 11) is 1.72. The van der Waals surface area contributed by atoms with Gasteiger partial charge in [0.15, 0.2) is 0 Å². The van der Waals surface area contributed by atoms with Gasteiger partial charge in [0.2, 0.25) is 0 Å². The quantitative estimate of drug-likeness (QED) is 0.392. The zero-order chi connectivity index (χ0) is 20.6. The first-order valence-electron chi connectivity index (χ1n) is 8.90. The first-order chi connectivity index (χ1) is 13.5. The molecule has 0 aliphatic heterocycles. The van der Waals surface area contributed by atoms with Crippen LogP contribution in [0.25, 0.3) is 10.8 Å². The molecule has 0 atom stereocenters. The van der Waals surface area contributed by atoms with Crippen molar-refractivity contribution in [3.8, 4) is 5.75 Å². The number of nitrogens with one attached hydrogen (secondary N) is 1. The summed E-state index contributed by atoms with van der Waals surface area (Å²) in [5.74, 6) is -2.76. The van der Waals surface area contributed by atoms with Crippen LogP contribution in [0.4, 0.5) is 0 Å².